The molecule has 0 spiro atoms. The van der Waals surface area contributed by atoms with Gasteiger partial charge in [-0.2, -0.15) is 9.98 Å². The van der Waals surface area contributed by atoms with Gasteiger partial charge in [-0.15, -0.1) is 0 Å². The molecule has 36 heavy (non-hydrogen) atoms. The van der Waals surface area contributed by atoms with Gasteiger partial charge in [-0.05, 0) is 43.2 Å². The third-order valence-corrected chi connectivity index (χ3v) is 7.80. The Kier molecular flexibility index (Phi) is 7.14. The number of anilines is 2. The van der Waals surface area contributed by atoms with E-state index < -0.39 is 33.6 Å². The average molecular weight is 516 g/mol. The number of cyclic esters (lactones) is 1. The summed E-state index contributed by atoms with van der Waals surface area (Å²) in [6.45, 7) is 2.22. The summed E-state index contributed by atoms with van der Waals surface area (Å²) in [4.78, 5) is 26.4. The molecule has 1 atom stereocenters. The zero-order chi connectivity index (χ0) is 25.9. The van der Waals surface area contributed by atoms with Crippen molar-refractivity contribution in [2.45, 2.75) is 36.3 Å². The predicted molar refractivity (Wildman–Crippen MR) is 129 cm³/mol. The van der Waals surface area contributed by atoms with Crippen molar-refractivity contribution in [3.63, 3.8) is 0 Å². The van der Waals surface area contributed by atoms with Crippen LogP contribution in [0.3, 0.4) is 0 Å². The highest BCUT2D eigenvalue weighted by Gasteiger charge is 2.39. The van der Waals surface area contributed by atoms with Crippen molar-refractivity contribution < 1.29 is 27.1 Å². The van der Waals surface area contributed by atoms with Crippen LogP contribution in [-0.4, -0.2) is 58.2 Å². The normalized spacial score (nSPS) is 19.5. The largest absolute Gasteiger partial charge is 0.442 e. The number of hydrogen-bond acceptors (Lipinski definition) is 7. The van der Waals surface area contributed by atoms with Gasteiger partial charge in [-0.25, -0.2) is 17.6 Å². The van der Waals surface area contributed by atoms with Crippen LogP contribution in [0.1, 0.15) is 19.8 Å². The second kappa shape index (κ2) is 10.1. The van der Waals surface area contributed by atoms with Crippen LogP contribution in [0.2, 0.25) is 0 Å². The Labute approximate surface area is 208 Å². The fraction of sp³-hybridized carbons (Fsp3) is 0.375. The molecule has 2 fully saturated rings. The number of nitrogens with one attached hydrogen (secondary N) is 2. The second-order valence-electron chi connectivity index (χ2n) is 8.79. The number of nitriles is 1. The van der Waals surface area contributed by atoms with Crippen molar-refractivity contribution in [1.29, 1.82) is 5.26 Å². The Morgan fingerprint density at radius 2 is 1.92 bits per heavy atom. The molecule has 2 amide bonds. The number of sulfonamides is 1. The number of ether oxygens (including phenoxy) is 1. The lowest BCUT2D eigenvalue weighted by Crippen LogP contribution is -2.54. The van der Waals surface area contributed by atoms with Crippen molar-refractivity contribution in [3.8, 4) is 6.07 Å². The van der Waals surface area contributed by atoms with Gasteiger partial charge in [0.2, 0.25) is 15.9 Å². The van der Waals surface area contributed by atoms with Gasteiger partial charge in [0.05, 0.1) is 35.4 Å². The van der Waals surface area contributed by atoms with E-state index in [2.05, 4.69) is 16.1 Å². The fourth-order valence-corrected chi connectivity index (χ4v) is 5.70. The van der Waals surface area contributed by atoms with Gasteiger partial charge in [-0.3, -0.25) is 9.69 Å². The van der Waals surface area contributed by atoms with Crippen LogP contribution in [0.25, 0.3) is 0 Å². The first kappa shape index (κ1) is 25.4. The van der Waals surface area contributed by atoms with Crippen LogP contribution in [0.5, 0.6) is 0 Å². The summed E-state index contributed by atoms with van der Waals surface area (Å²) in [5.74, 6) is -0.797. The van der Waals surface area contributed by atoms with E-state index in [9.17, 15) is 23.3 Å². The Morgan fingerprint density at radius 1 is 1.22 bits per heavy atom. The van der Waals surface area contributed by atoms with Gasteiger partial charge in [0, 0.05) is 20.0 Å². The Hall–Kier alpha value is -3.69. The van der Waals surface area contributed by atoms with E-state index in [0.717, 1.165) is 0 Å². The number of carbonyl (C=O) groups excluding carboxylic acids is 2. The summed E-state index contributed by atoms with van der Waals surface area (Å²) in [5.41, 5.74) is -0.687. The summed E-state index contributed by atoms with van der Waals surface area (Å²) in [6.07, 6.45) is -0.829. The van der Waals surface area contributed by atoms with Crippen molar-refractivity contribution in [3.05, 3.63) is 54.3 Å². The van der Waals surface area contributed by atoms with Crippen LogP contribution in [0.15, 0.2) is 53.4 Å². The van der Waals surface area contributed by atoms with Crippen molar-refractivity contribution in [1.82, 2.24) is 10.0 Å². The quantitative estimate of drug-likeness (QED) is 0.577. The lowest BCUT2D eigenvalue weighted by molar-refractivity contribution is -0.119. The summed E-state index contributed by atoms with van der Waals surface area (Å²) in [6, 6.07) is 14.3. The zero-order valence-corrected chi connectivity index (χ0v) is 20.4. The van der Waals surface area contributed by atoms with Crippen molar-refractivity contribution in [2.75, 3.05) is 36.0 Å². The molecular weight excluding hydrogens is 489 g/mol. The summed E-state index contributed by atoms with van der Waals surface area (Å²) in [7, 11) is -3.89. The highest BCUT2D eigenvalue weighted by molar-refractivity contribution is 7.89. The molecule has 2 aromatic rings. The first-order valence-corrected chi connectivity index (χ1v) is 12.9. The number of benzene rings is 2. The minimum Gasteiger partial charge on any atom is -0.442 e. The van der Waals surface area contributed by atoms with Gasteiger partial charge >= 0.3 is 6.09 Å². The van der Waals surface area contributed by atoms with Crippen LogP contribution >= 0.6 is 0 Å². The number of halogens is 1. The highest BCUT2D eigenvalue weighted by atomic mass is 32.2. The Balaban J connectivity index is 1.42. The SMILES string of the molecule is CC(=O)NC[C@H]1CN(c2ccc(N3CCC(C#N)(NS(=O)(=O)c4ccccc4)CC3)c(F)c2)C(=O)O1. The molecule has 0 saturated carbocycles. The zero-order valence-electron chi connectivity index (χ0n) is 19.6. The molecule has 2 aliphatic rings. The van der Waals surface area contributed by atoms with E-state index >= 15 is 4.39 Å². The smallest absolute Gasteiger partial charge is 0.414 e. The van der Waals surface area contributed by atoms with Crippen molar-refractivity contribution in [2.24, 2.45) is 0 Å². The molecule has 2 saturated heterocycles. The van der Waals surface area contributed by atoms with E-state index in [4.69, 9.17) is 4.74 Å². The molecule has 190 valence electrons. The van der Waals surface area contributed by atoms with Gasteiger partial charge in [0.15, 0.2) is 0 Å². The van der Waals surface area contributed by atoms with Gasteiger partial charge in [0.25, 0.3) is 0 Å². The number of nitrogens with zero attached hydrogens (tertiary/aromatic N) is 3. The summed E-state index contributed by atoms with van der Waals surface area (Å²) in [5, 5.41) is 12.4. The maximum absolute atomic E-state index is 15.1. The topological polar surface area (TPSA) is 132 Å². The van der Waals surface area contributed by atoms with E-state index in [-0.39, 0.29) is 49.8 Å². The first-order chi connectivity index (χ1) is 17.1. The van der Waals surface area contributed by atoms with Crippen LogP contribution < -0.4 is 19.8 Å². The molecule has 0 aromatic heterocycles. The highest BCUT2D eigenvalue weighted by Crippen LogP contribution is 2.32. The maximum Gasteiger partial charge on any atom is 0.414 e. The third kappa shape index (κ3) is 5.42. The molecule has 10 nitrogen and oxygen atoms in total. The van der Waals surface area contributed by atoms with Gasteiger partial charge in [0.1, 0.15) is 17.5 Å². The van der Waals surface area contributed by atoms with Crippen LogP contribution in [-0.2, 0) is 19.6 Å². The lowest BCUT2D eigenvalue weighted by Gasteiger charge is -2.38. The van der Waals surface area contributed by atoms with E-state index in [1.54, 1.807) is 35.2 Å². The number of piperidine rings is 1. The number of rotatable bonds is 7. The molecular formula is C24H26FN5O5S. The lowest BCUT2D eigenvalue weighted by atomic mass is 9.90. The van der Waals surface area contributed by atoms with Crippen molar-refractivity contribution >= 4 is 33.4 Å². The third-order valence-electron chi connectivity index (χ3n) is 6.25. The summed E-state index contributed by atoms with van der Waals surface area (Å²) < 4.78 is 48.4. The van der Waals surface area contributed by atoms with Gasteiger partial charge < -0.3 is 15.0 Å². The maximum atomic E-state index is 15.1. The van der Waals surface area contributed by atoms with Gasteiger partial charge in [-0.1, -0.05) is 18.2 Å². The number of amides is 2. The minimum absolute atomic E-state index is 0.0726. The molecule has 0 bridgehead atoms. The predicted octanol–water partition coefficient (Wildman–Crippen LogP) is 2.13. The monoisotopic (exact) mass is 515 g/mol. The number of carbonyl (C=O) groups is 2. The van der Waals surface area contributed by atoms with Crippen LogP contribution in [0, 0.1) is 17.1 Å². The first-order valence-electron chi connectivity index (χ1n) is 11.4. The average Bonchev–Trinajstić information content (AvgIpc) is 3.24. The number of hydrogen-bond donors (Lipinski definition) is 2. The Morgan fingerprint density at radius 3 is 2.53 bits per heavy atom. The standard InChI is InChI=1S/C24H26FN5O5S/c1-17(31)27-14-19-15-30(23(32)35-19)18-7-8-22(21(25)13-18)29-11-9-24(16-26,10-12-29)28-36(33,34)20-5-3-2-4-6-20/h2-8,13,19,28H,9-12,14-15H2,1H3,(H,27,31)/t19-/m0/s1. The molecule has 2 N–H and O–H groups in total. The Bertz CT molecular complexity index is 1290. The molecule has 4 rings (SSSR count). The molecule has 0 unspecified atom stereocenters. The second-order valence-corrected chi connectivity index (χ2v) is 10.5. The molecule has 2 aliphatic heterocycles. The summed E-state index contributed by atoms with van der Waals surface area (Å²) >= 11 is 0. The molecule has 2 heterocycles. The minimum atomic E-state index is -3.89. The van der Waals surface area contributed by atoms with Crippen LogP contribution in [0.4, 0.5) is 20.6 Å². The van der Waals surface area contributed by atoms with E-state index in [1.165, 1.54) is 30.0 Å². The van der Waals surface area contributed by atoms with E-state index in [1.807, 2.05) is 0 Å². The molecule has 0 aliphatic carbocycles. The molecule has 12 heteroatoms. The van der Waals surface area contributed by atoms with E-state index in [0.29, 0.717) is 11.4 Å². The molecule has 2 aromatic carbocycles. The fourth-order valence-electron chi connectivity index (χ4n) is 4.30. The molecule has 0 radical (unpaired) electrons.